The SMILES string of the molecule is CCN[C@H](C)CNS(=O)(=O)c1ccc2c(c1)OCCCO2. The van der Waals surface area contributed by atoms with Crippen LogP contribution in [0, 0.1) is 0 Å². The first-order valence-corrected chi connectivity index (χ1v) is 8.64. The van der Waals surface area contributed by atoms with E-state index in [4.69, 9.17) is 9.47 Å². The van der Waals surface area contributed by atoms with E-state index in [1.165, 1.54) is 12.1 Å². The smallest absolute Gasteiger partial charge is 0.240 e. The Balaban J connectivity index is 2.11. The summed E-state index contributed by atoms with van der Waals surface area (Å²) in [6.07, 6.45) is 0.787. The number of hydrogen-bond acceptors (Lipinski definition) is 5. The summed E-state index contributed by atoms with van der Waals surface area (Å²) in [5.41, 5.74) is 0. The lowest BCUT2D eigenvalue weighted by Crippen LogP contribution is -2.38. The van der Waals surface area contributed by atoms with Crippen LogP contribution in [0.15, 0.2) is 23.1 Å². The molecule has 21 heavy (non-hydrogen) atoms. The standard InChI is InChI=1S/C14H22N2O4S/c1-3-15-11(2)10-16-21(17,18)12-5-6-13-14(9-12)20-8-4-7-19-13/h5-6,9,11,15-16H,3-4,7-8,10H2,1-2H3/t11-/m1/s1. The van der Waals surface area contributed by atoms with E-state index < -0.39 is 10.0 Å². The van der Waals surface area contributed by atoms with Crippen LogP contribution in [0.1, 0.15) is 20.3 Å². The van der Waals surface area contributed by atoms with E-state index >= 15 is 0 Å². The van der Waals surface area contributed by atoms with E-state index in [0.29, 0.717) is 31.3 Å². The van der Waals surface area contributed by atoms with E-state index in [1.807, 2.05) is 13.8 Å². The van der Waals surface area contributed by atoms with E-state index in [0.717, 1.165) is 13.0 Å². The lowest BCUT2D eigenvalue weighted by atomic mass is 10.3. The molecule has 1 atom stereocenters. The second-order valence-corrected chi connectivity index (χ2v) is 6.74. The van der Waals surface area contributed by atoms with Gasteiger partial charge < -0.3 is 14.8 Å². The largest absolute Gasteiger partial charge is 0.490 e. The summed E-state index contributed by atoms with van der Waals surface area (Å²) in [7, 11) is -3.54. The summed E-state index contributed by atoms with van der Waals surface area (Å²) in [5.74, 6) is 1.07. The Morgan fingerprint density at radius 2 is 1.95 bits per heavy atom. The second-order valence-electron chi connectivity index (χ2n) is 4.97. The van der Waals surface area contributed by atoms with Gasteiger partial charge in [-0.05, 0) is 25.6 Å². The molecule has 0 bridgehead atoms. The lowest BCUT2D eigenvalue weighted by molar-refractivity contribution is 0.297. The van der Waals surface area contributed by atoms with Crippen molar-refractivity contribution in [3.63, 3.8) is 0 Å². The Hall–Kier alpha value is -1.31. The topological polar surface area (TPSA) is 76.7 Å². The van der Waals surface area contributed by atoms with Crippen LogP contribution in [0.4, 0.5) is 0 Å². The minimum atomic E-state index is -3.54. The maximum Gasteiger partial charge on any atom is 0.240 e. The number of ether oxygens (including phenoxy) is 2. The monoisotopic (exact) mass is 314 g/mol. The molecule has 0 aromatic heterocycles. The molecule has 0 spiro atoms. The molecule has 118 valence electrons. The summed E-state index contributed by atoms with van der Waals surface area (Å²) in [5, 5.41) is 3.16. The van der Waals surface area contributed by atoms with Crippen molar-refractivity contribution in [2.24, 2.45) is 0 Å². The summed E-state index contributed by atoms with van der Waals surface area (Å²) < 4.78 is 38.2. The molecule has 1 heterocycles. The van der Waals surface area contributed by atoms with Crippen LogP contribution in [0.25, 0.3) is 0 Å². The van der Waals surface area contributed by atoms with Gasteiger partial charge in [0.25, 0.3) is 0 Å². The summed E-state index contributed by atoms with van der Waals surface area (Å²) in [6.45, 7) is 6.16. The molecule has 2 N–H and O–H groups in total. The van der Waals surface area contributed by atoms with Gasteiger partial charge in [-0.15, -0.1) is 0 Å². The van der Waals surface area contributed by atoms with Gasteiger partial charge in [-0.25, -0.2) is 13.1 Å². The third-order valence-corrected chi connectivity index (χ3v) is 4.58. The fraction of sp³-hybridized carbons (Fsp3) is 0.571. The van der Waals surface area contributed by atoms with Crippen LogP contribution in [-0.2, 0) is 10.0 Å². The zero-order valence-corrected chi connectivity index (χ0v) is 13.2. The molecule has 0 aliphatic carbocycles. The van der Waals surface area contributed by atoms with Gasteiger partial charge in [-0.3, -0.25) is 0 Å². The number of hydrogen-bond donors (Lipinski definition) is 2. The molecule has 0 saturated heterocycles. The predicted molar refractivity (Wildman–Crippen MR) is 80.4 cm³/mol. The zero-order valence-electron chi connectivity index (χ0n) is 12.4. The minimum absolute atomic E-state index is 0.0742. The van der Waals surface area contributed by atoms with E-state index in [2.05, 4.69) is 10.0 Å². The van der Waals surface area contributed by atoms with Crippen molar-refractivity contribution >= 4 is 10.0 Å². The number of fused-ring (bicyclic) bond motifs is 1. The van der Waals surface area contributed by atoms with Gasteiger partial charge in [-0.2, -0.15) is 0 Å². The quantitative estimate of drug-likeness (QED) is 0.823. The van der Waals surface area contributed by atoms with Crippen LogP contribution < -0.4 is 19.5 Å². The van der Waals surface area contributed by atoms with Gasteiger partial charge >= 0.3 is 0 Å². The average Bonchev–Trinajstić information content (AvgIpc) is 2.70. The molecule has 1 aromatic rings. The number of rotatable bonds is 6. The molecule has 2 rings (SSSR count). The van der Waals surface area contributed by atoms with Gasteiger partial charge in [0.1, 0.15) is 0 Å². The third kappa shape index (κ3) is 4.33. The number of benzene rings is 1. The normalized spacial score (nSPS) is 16.3. The molecule has 0 fully saturated rings. The molecule has 0 radical (unpaired) electrons. The number of nitrogens with one attached hydrogen (secondary N) is 2. The molecule has 6 nitrogen and oxygen atoms in total. The summed E-state index contributed by atoms with van der Waals surface area (Å²) in [4.78, 5) is 0.190. The van der Waals surface area contributed by atoms with Gasteiger partial charge in [0.05, 0.1) is 18.1 Å². The molecule has 1 aliphatic rings. The van der Waals surface area contributed by atoms with Crippen molar-refractivity contribution in [1.82, 2.24) is 10.0 Å². The molecule has 1 aliphatic heterocycles. The molecule has 7 heteroatoms. The van der Waals surface area contributed by atoms with Crippen molar-refractivity contribution in [2.75, 3.05) is 26.3 Å². The van der Waals surface area contributed by atoms with Crippen LogP contribution in [0.5, 0.6) is 11.5 Å². The Kier molecular flexibility index (Phi) is 5.44. The molecular formula is C14H22N2O4S. The highest BCUT2D eigenvalue weighted by atomic mass is 32.2. The van der Waals surface area contributed by atoms with Crippen LogP contribution >= 0.6 is 0 Å². The molecular weight excluding hydrogens is 292 g/mol. The fourth-order valence-electron chi connectivity index (χ4n) is 2.05. The molecule has 1 aromatic carbocycles. The van der Waals surface area contributed by atoms with Crippen LogP contribution in [0.2, 0.25) is 0 Å². The first-order chi connectivity index (χ1) is 10.0. The van der Waals surface area contributed by atoms with Crippen molar-refractivity contribution in [3.8, 4) is 11.5 Å². The molecule has 0 saturated carbocycles. The van der Waals surface area contributed by atoms with Gasteiger partial charge in [0, 0.05) is 25.1 Å². The third-order valence-electron chi connectivity index (χ3n) is 3.16. The second kappa shape index (κ2) is 7.11. The predicted octanol–water partition coefficient (Wildman–Crippen LogP) is 1.12. The fourth-order valence-corrected chi connectivity index (χ4v) is 3.19. The summed E-state index contributed by atoms with van der Waals surface area (Å²) in [6, 6.07) is 4.77. The Morgan fingerprint density at radius 1 is 1.24 bits per heavy atom. The van der Waals surface area contributed by atoms with Gasteiger partial charge in [0.15, 0.2) is 11.5 Å². The maximum atomic E-state index is 12.3. The first kappa shape index (κ1) is 16.1. The van der Waals surface area contributed by atoms with Crippen molar-refractivity contribution in [1.29, 1.82) is 0 Å². The van der Waals surface area contributed by atoms with Crippen molar-refractivity contribution in [3.05, 3.63) is 18.2 Å². The Morgan fingerprint density at radius 3 is 2.67 bits per heavy atom. The van der Waals surface area contributed by atoms with Crippen molar-refractivity contribution in [2.45, 2.75) is 31.2 Å². The summed E-state index contributed by atoms with van der Waals surface area (Å²) >= 11 is 0. The highest BCUT2D eigenvalue weighted by Crippen LogP contribution is 2.31. The average molecular weight is 314 g/mol. The van der Waals surface area contributed by atoms with Crippen molar-refractivity contribution < 1.29 is 17.9 Å². The molecule has 0 amide bonds. The Bertz CT molecular complexity index is 574. The molecule has 0 unspecified atom stereocenters. The maximum absolute atomic E-state index is 12.3. The van der Waals surface area contributed by atoms with E-state index in [9.17, 15) is 8.42 Å². The number of sulfonamides is 1. The van der Waals surface area contributed by atoms with Crippen LogP contribution in [0.3, 0.4) is 0 Å². The Labute approximate surface area is 125 Å². The van der Waals surface area contributed by atoms with E-state index in [-0.39, 0.29) is 10.9 Å². The van der Waals surface area contributed by atoms with Gasteiger partial charge in [-0.1, -0.05) is 6.92 Å². The first-order valence-electron chi connectivity index (χ1n) is 7.15. The highest BCUT2D eigenvalue weighted by Gasteiger charge is 2.19. The lowest BCUT2D eigenvalue weighted by Gasteiger charge is -2.14. The number of likely N-dealkylation sites (N-methyl/N-ethyl adjacent to an activating group) is 1. The highest BCUT2D eigenvalue weighted by molar-refractivity contribution is 7.89. The van der Waals surface area contributed by atoms with E-state index in [1.54, 1.807) is 6.07 Å². The van der Waals surface area contributed by atoms with Crippen LogP contribution in [-0.4, -0.2) is 40.8 Å². The minimum Gasteiger partial charge on any atom is -0.490 e. The van der Waals surface area contributed by atoms with Gasteiger partial charge in [0.2, 0.25) is 10.0 Å². The zero-order chi connectivity index (χ0) is 15.3.